The first-order valence-corrected chi connectivity index (χ1v) is 11.3. The van der Waals surface area contributed by atoms with E-state index in [9.17, 15) is 13.2 Å². The summed E-state index contributed by atoms with van der Waals surface area (Å²) in [7, 11) is -3.56. The number of hydrogen-bond acceptors (Lipinski definition) is 5. The molecule has 0 unspecified atom stereocenters. The molecule has 1 heterocycles. The second-order valence-electron chi connectivity index (χ2n) is 6.81. The molecule has 1 saturated heterocycles. The number of halogens is 1. The second kappa shape index (κ2) is 9.92. The van der Waals surface area contributed by atoms with E-state index >= 15 is 0 Å². The summed E-state index contributed by atoms with van der Waals surface area (Å²) in [5.74, 6) is -0.311. The van der Waals surface area contributed by atoms with Gasteiger partial charge in [0, 0.05) is 30.2 Å². The lowest BCUT2D eigenvalue weighted by molar-refractivity contribution is -0.120. The highest BCUT2D eigenvalue weighted by atomic mass is 35.5. The summed E-state index contributed by atoms with van der Waals surface area (Å²) in [6, 6.07) is 13.3. The summed E-state index contributed by atoms with van der Waals surface area (Å²) >= 11 is 6.07. The van der Waals surface area contributed by atoms with Crippen molar-refractivity contribution in [3.63, 3.8) is 0 Å². The Morgan fingerprint density at radius 3 is 2.63 bits per heavy atom. The Morgan fingerprint density at radius 1 is 1.17 bits per heavy atom. The molecule has 0 aliphatic carbocycles. The number of nitrogens with two attached hydrogens (primary N) is 1. The molecule has 3 N–H and O–H groups in total. The van der Waals surface area contributed by atoms with Crippen LogP contribution in [-0.2, 0) is 26.1 Å². The van der Waals surface area contributed by atoms with Crippen LogP contribution in [0.1, 0.15) is 18.4 Å². The summed E-state index contributed by atoms with van der Waals surface area (Å²) in [6.45, 7) is 0.660. The van der Waals surface area contributed by atoms with Crippen LogP contribution in [0.4, 0.5) is 5.69 Å². The van der Waals surface area contributed by atoms with Gasteiger partial charge in [0.2, 0.25) is 10.0 Å². The van der Waals surface area contributed by atoms with Gasteiger partial charge in [-0.1, -0.05) is 41.0 Å². The zero-order valence-electron chi connectivity index (χ0n) is 16.3. The van der Waals surface area contributed by atoms with Crippen LogP contribution < -0.4 is 11.1 Å². The van der Waals surface area contributed by atoms with E-state index in [1.807, 2.05) is 18.2 Å². The molecule has 0 aromatic heterocycles. The number of carbonyl (C=O) groups excluding carboxylic acids is 1. The van der Waals surface area contributed by atoms with Crippen molar-refractivity contribution in [3.8, 4) is 0 Å². The molecule has 160 valence electrons. The fourth-order valence-corrected chi connectivity index (χ4v) is 4.82. The molecule has 2 aromatic carbocycles. The van der Waals surface area contributed by atoms with Crippen molar-refractivity contribution in [2.24, 2.45) is 10.9 Å². The van der Waals surface area contributed by atoms with Gasteiger partial charge in [0.25, 0.3) is 5.91 Å². The summed E-state index contributed by atoms with van der Waals surface area (Å²) < 4.78 is 26.7. The van der Waals surface area contributed by atoms with Crippen molar-refractivity contribution in [2.45, 2.75) is 24.2 Å². The predicted octanol–water partition coefficient (Wildman–Crippen LogP) is 2.59. The summed E-state index contributed by atoms with van der Waals surface area (Å²) in [6.07, 6.45) is 2.00. The quantitative estimate of drug-likeness (QED) is 0.364. The molecule has 2 aromatic rings. The van der Waals surface area contributed by atoms with Gasteiger partial charge in [-0.25, -0.2) is 8.42 Å². The van der Waals surface area contributed by atoms with Crippen molar-refractivity contribution in [1.82, 2.24) is 4.31 Å². The molecule has 1 aliphatic heterocycles. The molecular formula is C20H23ClN4O4S. The number of amides is 1. The smallest absolute Gasteiger partial charge is 0.265 e. The largest absolute Gasteiger partial charge is 0.384 e. The minimum atomic E-state index is -3.56. The molecule has 30 heavy (non-hydrogen) atoms. The van der Waals surface area contributed by atoms with Crippen LogP contribution in [0.5, 0.6) is 0 Å². The molecule has 0 radical (unpaired) electrons. The number of hydrogen-bond donors (Lipinski definition) is 2. The van der Waals surface area contributed by atoms with E-state index in [4.69, 9.17) is 22.2 Å². The van der Waals surface area contributed by atoms with Gasteiger partial charge in [-0.3, -0.25) is 4.79 Å². The number of sulfonamides is 1. The maximum absolute atomic E-state index is 12.6. The van der Waals surface area contributed by atoms with Crippen LogP contribution in [0, 0.1) is 0 Å². The standard InChI is InChI=1S/C20H23ClN4O4S/c21-18-9-2-1-6-15(18)12-19(22)24-29-14-20(26)23-16-7-5-8-17(13-16)30(27,28)25-10-3-4-11-25/h1-2,5-9,13H,3-4,10-12,14H2,(H2,22,24)(H,23,26). The van der Waals surface area contributed by atoms with E-state index < -0.39 is 15.9 Å². The van der Waals surface area contributed by atoms with Crippen molar-refractivity contribution >= 4 is 39.1 Å². The summed E-state index contributed by atoms with van der Waals surface area (Å²) in [5.41, 5.74) is 6.96. The third-order valence-corrected chi connectivity index (χ3v) is 6.79. The van der Waals surface area contributed by atoms with Crippen LogP contribution in [0.2, 0.25) is 5.02 Å². The lowest BCUT2D eigenvalue weighted by Crippen LogP contribution is -2.28. The van der Waals surface area contributed by atoms with E-state index in [1.54, 1.807) is 18.2 Å². The first kappa shape index (κ1) is 22.1. The Bertz CT molecular complexity index is 1040. The van der Waals surface area contributed by atoms with Crippen molar-refractivity contribution in [1.29, 1.82) is 0 Å². The minimum Gasteiger partial charge on any atom is -0.384 e. The Kier molecular flexibility index (Phi) is 7.30. The van der Waals surface area contributed by atoms with Gasteiger partial charge >= 0.3 is 0 Å². The van der Waals surface area contributed by atoms with Gasteiger partial charge in [-0.2, -0.15) is 4.31 Å². The highest BCUT2D eigenvalue weighted by Gasteiger charge is 2.27. The van der Waals surface area contributed by atoms with E-state index in [0.29, 0.717) is 23.8 Å². The first-order chi connectivity index (χ1) is 14.4. The predicted molar refractivity (Wildman–Crippen MR) is 116 cm³/mol. The van der Waals surface area contributed by atoms with Crippen molar-refractivity contribution in [2.75, 3.05) is 25.0 Å². The van der Waals surface area contributed by atoms with Gasteiger partial charge < -0.3 is 15.9 Å². The Hall–Kier alpha value is -2.62. The van der Waals surface area contributed by atoms with Gasteiger partial charge in [0.1, 0.15) is 5.84 Å². The number of amidine groups is 1. The normalized spacial score (nSPS) is 15.2. The Labute approximate surface area is 180 Å². The zero-order valence-corrected chi connectivity index (χ0v) is 17.8. The molecule has 10 heteroatoms. The van der Waals surface area contributed by atoms with Crippen LogP contribution in [-0.4, -0.2) is 44.2 Å². The van der Waals surface area contributed by atoms with E-state index in [2.05, 4.69) is 10.5 Å². The maximum Gasteiger partial charge on any atom is 0.265 e. The van der Waals surface area contributed by atoms with Crippen LogP contribution >= 0.6 is 11.6 Å². The molecule has 1 aliphatic rings. The first-order valence-electron chi connectivity index (χ1n) is 9.44. The maximum atomic E-state index is 12.6. The van der Waals surface area contributed by atoms with E-state index in [1.165, 1.54) is 16.4 Å². The lowest BCUT2D eigenvalue weighted by Gasteiger charge is -2.16. The van der Waals surface area contributed by atoms with E-state index in [-0.39, 0.29) is 23.8 Å². The molecule has 0 atom stereocenters. The summed E-state index contributed by atoms with van der Waals surface area (Å²) in [5, 5.41) is 6.89. The molecule has 1 amide bonds. The number of nitrogens with zero attached hydrogens (tertiary/aromatic N) is 2. The van der Waals surface area contributed by atoms with Crippen LogP contribution in [0.25, 0.3) is 0 Å². The monoisotopic (exact) mass is 450 g/mol. The highest BCUT2D eigenvalue weighted by molar-refractivity contribution is 7.89. The van der Waals surface area contributed by atoms with Crippen LogP contribution in [0.3, 0.4) is 0 Å². The Balaban J connectivity index is 1.54. The van der Waals surface area contributed by atoms with Gasteiger partial charge in [0.15, 0.2) is 6.61 Å². The minimum absolute atomic E-state index is 0.144. The van der Waals surface area contributed by atoms with Gasteiger partial charge in [-0.15, -0.1) is 0 Å². The number of rotatable bonds is 8. The SMILES string of the molecule is NC(Cc1ccccc1Cl)=NOCC(=O)Nc1cccc(S(=O)(=O)N2CCCC2)c1. The van der Waals surface area contributed by atoms with Gasteiger partial charge in [-0.05, 0) is 42.7 Å². The number of carbonyl (C=O) groups is 1. The fourth-order valence-electron chi connectivity index (χ4n) is 3.05. The average Bonchev–Trinajstić information content (AvgIpc) is 3.26. The molecule has 0 saturated carbocycles. The molecule has 3 rings (SSSR count). The molecular weight excluding hydrogens is 428 g/mol. The third kappa shape index (κ3) is 5.71. The fraction of sp³-hybridized carbons (Fsp3) is 0.300. The molecule has 0 spiro atoms. The molecule has 8 nitrogen and oxygen atoms in total. The van der Waals surface area contributed by atoms with Gasteiger partial charge in [0.05, 0.1) is 4.90 Å². The number of nitrogens with one attached hydrogen (secondary N) is 1. The third-order valence-electron chi connectivity index (χ3n) is 4.53. The lowest BCUT2D eigenvalue weighted by atomic mass is 10.1. The number of oxime groups is 1. The molecule has 1 fully saturated rings. The topological polar surface area (TPSA) is 114 Å². The van der Waals surface area contributed by atoms with E-state index in [0.717, 1.165) is 18.4 Å². The van der Waals surface area contributed by atoms with Crippen LogP contribution in [0.15, 0.2) is 58.6 Å². The summed E-state index contributed by atoms with van der Waals surface area (Å²) in [4.78, 5) is 17.2. The highest BCUT2D eigenvalue weighted by Crippen LogP contribution is 2.23. The van der Waals surface area contributed by atoms with Crippen molar-refractivity contribution < 1.29 is 18.0 Å². The second-order valence-corrected chi connectivity index (χ2v) is 9.16. The van der Waals surface area contributed by atoms with Crippen molar-refractivity contribution in [3.05, 3.63) is 59.1 Å². The number of anilines is 1. The average molecular weight is 451 g/mol. The number of benzene rings is 2. The molecule has 0 bridgehead atoms. The zero-order chi connectivity index (χ0) is 21.6. The Morgan fingerprint density at radius 2 is 1.90 bits per heavy atom.